The molecule has 1 amide bonds. The number of carbonyl (C=O) groups is 2. The third-order valence-corrected chi connectivity index (χ3v) is 1.87. The average molecular weight is 167 g/mol. The van der Waals surface area contributed by atoms with E-state index in [4.69, 9.17) is 11.5 Å². The van der Waals surface area contributed by atoms with Crippen LogP contribution >= 0.6 is 0 Å². The number of carboxylic acid groups (broad SMARTS) is 1. The third kappa shape index (κ3) is 1.40. The molecule has 0 aromatic carbocycles. The number of hydrogen-bond acceptors (Lipinski definition) is 2. The second-order valence-electron chi connectivity index (χ2n) is 2.62. The summed E-state index contributed by atoms with van der Waals surface area (Å²) in [6.07, 6.45) is 5.66. The highest BCUT2D eigenvalue weighted by atomic mass is 16.4. The second-order valence-corrected chi connectivity index (χ2v) is 2.62. The van der Waals surface area contributed by atoms with E-state index in [1.165, 1.54) is 4.90 Å². The number of aliphatic carboxylic acids is 1. The van der Waals surface area contributed by atoms with E-state index < -0.39 is 12.0 Å². The molecule has 0 bridgehead atoms. The van der Waals surface area contributed by atoms with Gasteiger partial charge in [-0.25, -0.2) is 4.79 Å². The lowest BCUT2D eigenvalue weighted by molar-refractivity contribution is -0.145. The van der Waals surface area contributed by atoms with Crippen molar-refractivity contribution in [2.24, 2.45) is 0 Å². The first-order valence-electron chi connectivity index (χ1n) is 3.62. The lowest BCUT2D eigenvalue weighted by Gasteiger charge is -2.17. The summed E-state index contributed by atoms with van der Waals surface area (Å²) >= 11 is 0. The Kier molecular flexibility index (Phi) is 2.34. The predicted octanol–water partition coefficient (Wildman–Crippen LogP) is -0.305. The van der Waals surface area contributed by atoms with E-state index >= 15 is 0 Å². The van der Waals surface area contributed by atoms with Crippen LogP contribution in [0.3, 0.4) is 0 Å². The van der Waals surface area contributed by atoms with E-state index in [9.17, 15) is 9.59 Å². The first-order valence-corrected chi connectivity index (χ1v) is 3.62. The fourth-order valence-corrected chi connectivity index (χ4v) is 1.29. The Balaban J connectivity index is 2.71. The highest BCUT2D eigenvalue weighted by molar-refractivity contribution is 5.87. The van der Waals surface area contributed by atoms with Crippen LogP contribution in [0.5, 0.6) is 0 Å². The fourth-order valence-electron chi connectivity index (χ4n) is 1.29. The van der Waals surface area contributed by atoms with Gasteiger partial charge in [0.1, 0.15) is 6.04 Å². The molecule has 0 aromatic heterocycles. The fraction of sp³-hybridized carbons (Fsp3) is 0.500. The Bertz CT molecular complexity index is 254. The molecule has 1 fully saturated rings. The van der Waals surface area contributed by atoms with Crippen LogP contribution in [0.25, 0.3) is 0 Å². The van der Waals surface area contributed by atoms with Crippen molar-refractivity contribution < 1.29 is 14.7 Å². The molecule has 1 aliphatic rings. The smallest absolute Gasteiger partial charge is 0.326 e. The molecule has 1 aliphatic heterocycles. The van der Waals surface area contributed by atoms with Crippen molar-refractivity contribution >= 4 is 11.9 Å². The van der Waals surface area contributed by atoms with Crippen molar-refractivity contribution in [1.82, 2.24) is 4.90 Å². The monoisotopic (exact) mass is 167 g/mol. The Hall–Kier alpha value is -1.50. The van der Waals surface area contributed by atoms with Crippen LogP contribution in [0.1, 0.15) is 12.8 Å². The van der Waals surface area contributed by atoms with Crippen LogP contribution in [0, 0.1) is 12.3 Å². The topological polar surface area (TPSA) is 57.6 Å². The summed E-state index contributed by atoms with van der Waals surface area (Å²) in [5.41, 5.74) is 0. The SMILES string of the molecule is C#CCN1C(=O)CC[C@@H]1C(=O)O. The maximum atomic E-state index is 11.0. The zero-order chi connectivity index (χ0) is 9.14. The predicted molar refractivity (Wildman–Crippen MR) is 41.2 cm³/mol. The number of terminal acetylenes is 1. The van der Waals surface area contributed by atoms with E-state index in [1.54, 1.807) is 0 Å². The number of rotatable bonds is 2. The van der Waals surface area contributed by atoms with Crippen LogP contribution in [-0.2, 0) is 9.59 Å². The van der Waals surface area contributed by atoms with E-state index in [-0.39, 0.29) is 12.5 Å². The summed E-state index contributed by atoms with van der Waals surface area (Å²) in [6, 6.07) is -0.714. The van der Waals surface area contributed by atoms with Crippen molar-refractivity contribution in [3.05, 3.63) is 0 Å². The average Bonchev–Trinajstić information content (AvgIpc) is 2.34. The van der Waals surface area contributed by atoms with E-state index in [0.29, 0.717) is 12.8 Å². The van der Waals surface area contributed by atoms with Crippen molar-refractivity contribution in [3.63, 3.8) is 0 Å². The van der Waals surface area contributed by atoms with Crippen molar-refractivity contribution in [2.75, 3.05) is 6.54 Å². The molecule has 0 aromatic rings. The van der Waals surface area contributed by atoms with Gasteiger partial charge in [-0.15, -0.1) is 6.42 Å². The summed E-state index contributed by atoms with van der Waals surface area (Å²) in [6.45, 7) is 0.0931. The van der Waals surface area contributed by atoms with E-state index in [0.717, 1.165) is 0 Å². The molecular weight excluding hydrogens is 158 g/mol. The molecule has 1 atom stereocenters. The molecule has 4 nitrogen and oxygen atoms in total. The van der Waals surface area contributed by atoms with Gasteiger partial charge in [0.25, 0.3) is 0 Å². The minimum atomic E-state index is -0.976. The minimum Gasteiger partial charge on any atom is -0.480 e. The first-order chi connectivity index (χ1) is 5.66. The maximum Gasteiger partial charge on any atom is 0.326 e. The molecule has 1 saturated heterocycles. The van der Waals surface area contributed by atoms with Gasteiger partial charge in [-0.3, -0.25) is 4.79 Å². The molecule has 1 rings (SSSR count). The Morgan fingerprint density at radius 1 is 1.83 bits per heavy atom. The van der Waals surface area contributed by atoms with Gasteiger partial charge in [0.15, 0.2) is 0 Å². The lowest BCUT2D eigenvalue weighted by Crippen LogP contribution is -2.38. The molecule has 0 saturated carbocycles. The third-order valence-electron chi connectivity index (χ3n) is 1.87. The number of nitrogens with zero attached hydrogens (tertiary/aromatic N) is 1. The molecule has 0 spiro atoms. The molecule has 0 unspecified atom stereocenters. The highest BCUT2D eigenvalue weighted by Crippen LogP contribution is 2.17. The molecule has 4 heteroatoms. The van der Waals surface area contributed by atoms with Crippen LogP contribution in [-0.4, -0.2) is 34.5 Å². The number of carboxylic acids is 1. The van der Waals surface area contributed by atoms with Crippen LogP contribution in [0.4, 0.5) is 0 Å². The summed E-state index contributed by atoms with van der Waals surface area (Å²) < 4.78 is 0. The maximum absolute atomic E-state index is 11.0. The Labute approximate surface area is 70.2 Å². The molecular formula is C8H9NO3. The van der Waals surface area contributed by atoms with Gasteiger partial charge in [-0.05, 0) is 6.42 Å². The standard InChI is InChI=1S/C8H9NO3/c1-2-5-9-6(8(11)12)3-4-7(9)10/h1,6H,3-5H2,(H,11,12)/t6-/m1/s1. The van der Waals surface area contributed by atoms with E-state index in [2.05, 4.69) is 5.92 Å². The summed E-state index contributed by atoms with van der Waals surface area (Å²) in [5, 5.41) is 8.67. The first kappa shape index (κ1) is 8.60. The summed E-state index contributed by atoms with van der Waals surface area (Å²) in [5.74, 6) is 1.12. The van der Waals surface area contributed by atoms with Gasteiger partial charge in [-0.1, -0.05) is 5.92 Å². The van der Waals surface area contributed by atoms with Gasteiger partial charge < -0.3 is 10.0 Å². The number of hydrogen-bond donors (Lipinski definition) is 1. The number of carbonyl (C=O) groups excluding carboxylic acids is 1. The summed E-state index contributed by atoms with van der Waals surface area (Å²) in [4.78, 5) is 22.8. The molecule has 0 aliphatic carbocycles. The summed E-state index contributed by atoms with van der Waals surface area (Å²) in [7, 11) is 0. The minimum absolute atomic E-state index is 0.0931. The molecule has 12 heavy (non-hydrogen) atoms. The van der Waals surface area contributed by atoms with Gasteiger partial charge in [0.2, 0.25) is 5.91 Å². The number of amides is 1. The van der Waals surface area contributed by atoms with E-state index in [1.807, 2.05) is 0 Å². The second kappa shape index (κ2) is 3.26. The largest absolute Gasteiger partial charge is 0.480 e. The van der Waals surface area contributed by atoms with Crippen molar-refractivity contribution in [1.29, 1.82) is 0 Å². The lowest BCUT2D eigenvalue weighted by atomic mass is 10.2. The molecule has 1 heterocycles. The quantitative estimate of drug-likeness (QED) is 0.574. The van der Waals surface area contributed by atoms with Crippen LogP contribution in [0.2, 0.25) is 0 Å². The highest BCUT2D eigenvalue weighted by Gasteiger charge is 2.35. The molecule has 1 N–H and O–H groups in total. The Morgan fingerprint density at radius 2 is 2.50 bits per heavy atom. The van der Waals surface area contributed by atoms with Crippen molar-refractivity contribution in [2.45, 2.75) is 18.9 Å². The molecule has 64 valence electrons. The zero-order valence-electron chi connectivity index (χ0n) is 6.49. The Morgan fingerprint density at radius 3 is 3.00 bits per heavy atom. The number of likely N-dealkylation sites (tertiary alicyclic amines) is 1. The van der Waals surface area contributed by atoms with Gasteiger partial charge in [0.05, 0.1) is 6.54 Å². The van der Waals surface area contributed by atoms with Gasteiger partial charge in [-0.2, -0.15) is 0 Å². The van der Waals surface area contributed by atoms with Gasteiger partial charge >= 0.3 is 5.97 Å². The van der Waals surface area contributed by atoms with Gasteiger partial charge in [0, 0.05) is 6.42 Å². The van der Waals surface area contributed by atoms with Crippen LogP contribution in [0.15, 0.2) is 0 Å². The normalized spacial score (nSPS) is 22.4. The zero-order valence-corrected chi connectivity index (χ0v) is 6.49. The molecule has 0 radical (unpaired) electrons. The van der Waals surface area contributed by atoms with Crippen molar-refractivity contribution in [3.8, 4) is 12.3 Å². The van der Waals surface area contributed by atoms with Crippen LogP contribution < -0.4 is 0 Å².